The number of aliphatic carboxylic acids is 1. The number of aromatic hydroxyl groups is 1. The third kappa shape index (κ3) is 1.63. The molecule has 0 aliphatic rings. The molecule has 0 spiro atoms. The zero-order valence-electron chi connectivity index (χ0n) is 8.14. The molecule has 0 unspecified atom stereocenters. The average Bonchev–Trinajstić information content (AvgIpc) is 2.43. The van der Waals surface area contributed by atoms with Crippen LogP contribution < -0.4 is 0 Å². The molecule has 0 aliphatic heterocycles. The van der Waals surface area contributed by atoms with Crippen molar-refractivity contribution >= 4 is 11.6 Å². The molecule has 0 aliphatic carbocycles. The minimum Gasteiger partial charge on any atom is -0.506 e. The molecule has 0 atom stereocenters. The number of nitrogens with zero attached hydrogens (tertiary/aromatic N) is 2. The average molecular weight is 206 g/mol. The molecule has 78 valence electrons. The zero-order valence-corrected chi connectivity index (χ0v) is 8.14. The lowest BCUT2D eigenvalue weighted by molar-refractivity contribution is -0.136. The van der Waals surface area contributed by atoms with Gasteiger partial charge in [0, 0.05) is 0 Å². The van der Waals surface area contributed by atoms with Crippen LogP contribution in [0.4, 0.5) is 0 Å². The molecule has 5 heteroatoms. The van der Waals surface area contributed by atoms with E-state index in [0.717, 1.165) is 0 Å². The highest BCUT2D eigenvalue weighted by atomic mass is 16.4. The van der Waals surface area contributed by atoms with Gasteiger partial charge in [-0.1, -0.05) is 0 Å². The van der Waals surface area contributed by atoms with Crippen LogP contribution in [0.15, 0.2) is 18.3 Å². The fourth-order valence-electron chi connectivity index (χ4n) is 1.56. The lowest BCUT2D eigenvalue weighted by atomic mass is 10.2. The summed E-state index contributed by atoms with van der Waals surface area (Å²) in [6.07, 6.45) is 1.37. The Hall–Kier alpha value is -2.04. The van der Waals surface area contributed by atoms with Gasteiger partial charge in [-0.25, -0.2) is 4.98 Å². The van der Waals surface area contributed by atoms with Crippen molar-refractivity contribution in [2.75, 3.05) is 0 Å². The molecular weight excluding hydrogens is 196 g/mol. The highest BCUT2D eigenvalue weighted by molar-refractivity contribution is 5.70. The summed E-state index contributed by atoms with van der Waals surface area (Å²) in [5.41, 5.74) is 1.90. The third-order valence-electron chi connectivity index (χ3n) is 2.22. The minimum absolute atomic E-state index is 0.0894. The maximum atomic E-state index is 10.6. The number of aryl methyl sites for hydroxylation is 1. The molecule has 2 N–H and O–H groups in total. The molecule has 2 heterocycles. The Morgan fingerprint density at radius 2 is 2.27 bits per heavy atom. The van der Waals surface area contributed by atoms with Gasteiger partial charge < -0.3 is 10.2 Å². The first kappa shape index (κ1) is 9.51. The van der Waals surface area contributed by atoms with E-state index < -0.39 is 5.97 Å². The van der Waals surface area contributed by atoms with Gasteiger partial charge in [0.1, 0.15) is 11.4 Å². The summed E-state index contributed by atoms with van der Waals surface area (Å²) in [4.78, 5) is 14.8. The molecular formula is C10H10N2O3. The van der Waals surface area contributed by atoms with Gasteiger partial charge in [-0.3, -0.25) is 9.20 Å². The normalized spacial score (nSPS) is 10.7. The first-order valence-electron chi connectivity index (χ1n) is 4.46. The highest BCUT2D eigenvalue weighted by Gasteiger charge is 2.11. The second-order valence-electron chi connectivity index (χ2n) is 3.33. The van der Waals surface area contributed by atoms with Crippen LogP contribution in [-0.4, -0.2) is 25.6 Å². The number of aromatic nitrogens is 2. The first-order chi connectivity index (χ1) is 7.08. The van der Waals surface area contributed by atoms with Crippen LogP contribution in [0.3, 0.4) is 0 Å². The van der Waals surface area contributed by atoms with E-state index in [1.807, 2.05) is 0 Å². The largest absolute Gasteiger partial charge is 0.506 e. The standard InChI is InChI=1S/C10H10N2O3/c1-6-8(4-10(14)15)12-5-7(13)2-3-9(12)11-6/h2-3,5,13H,4H2,1H3,(H,14,15). The van der Waals surface area contributed by atoms with E-state index >= 15 is 0 Å². The van der Waals surface area contributed by atoms with Crippen LogP contribution in [-0.2, 0) is 11.2 Å². The fraction of sp³-hybridized carbons (Fsp3) is 0.200. The Kier molecular flexibility index (Phi) is 2.07. The fourth-order valence-corrected chi connectivity index (χ4v) is 1.56. The predicted molar refractivity (Wildman–Crippen MR) is 52.9 cm³/mol. The van der Waals surface area contributed by atoms with Gasteiger partial charge in [-0.05, 0) is 19.1 Å². The van der Waals surface area contributed by atoms with Gasteiger partial charge in [0.2, 0.25) is 0 Å². The minimum atomic E-state index is -0.914. The van der Waals surface area contributed by atoms with Crippen molar-refractivity contribution in [1.82, 2.24) is 9.38 Å². The van der Waals surface area contributed by atoms with Crippen LogP contribution in [0.2, 0.25) is 0 Å². The first-order valence-corrected chi connectivity index (χ1v) is 4.46. The number of hydrogen-bond acceptors (Lipinski definition) is 3. The number of carboxylic acid groups (broad SMARTS) is 1. The summed E-state index contributed by atoms with van der Waals surface area (Å²) in [5.74, 6) is -0.824. The monoisotopic (exact) mass is 206 g/mol. The van der Waals surface area contributed by atoms with Crippen molar-refractivity contribution in [3.8, 4) is 5.75 Å². The summed E-state index contributed by atoms with van der Waals surface area (Å²) in [6.45, 7) is 1.75. The molecule has 2 rings (SSSR count). The number of hydrogen-bond donors (Lipinski definition) is 2. The van der Waals surface area contributed by atoms with Crippen molar-refractivity contribution in [3.63, 3.8) is 0 Å². The van der Waals surface area contributed by atoms with E-state index in [9.17, 15) is 9.90 Å². The molecule has 0 aromatic carbocycles. The summed E-state index contributed by atoms with van der Waals surface area (Å²) >= 11 is 0. The SMILES string of the molecule is Cc1nc2ccc(O)cn2c1CC(=O)O. The van der Waals surface area contributed by atoms with E-state index in [-0.39, 0.29) is 12.2 Å². The van der Waals surface area contributed by atoms with Crippen molar-refractivity contribution in [3.05, 3.63) is 29.7 Å². The molecule has 0 saturated carbocycles. The smallest absolute Gasteiger partial charge is 0.309 e. The summed E-state index contributed by atoms with van der Waals surface area (Å²) in [7, 11) is 0. The Morgan fingerprint density at radius 1 is 1.53 bits per heavy atom. The molecule has 15 heavy (non-hydrogen) atoms. The molecule has 0 bridgehead atoms. The lowest BCUT2D eigenvalue weighted by Gasteiger charge is -2.00. The van der Waals surface area contributed by atoms with Gasteiger partial charge in [-0.2, -0.15) is 0 Å². The predicted octanol–water partition coefficient (Wildman–Crippen LogP) is 0.975. The van der Waals surface area contributed by atoms with Crippen LogP contribution in [0.5, 0.6) is 5.75 Å². The molecule has 0 saturated heterocycles. The van der Waals surface area contributed by atoms with E-state index in [1.165, 1.54) is 12.3 Å². The third-order valence-corrected chi connectivity index (χ3v) is 2.22. The number of fused-ring (bicyclic) bond motifs is 1. The van der Waals surface area contributed by atoms with E-state index in [4.69, 9.17) is 5.11 Å². The van der Waals surface area contributed by atoms with Crippen molar-refractivity contribution < 1.29 is 15.0 Å². The van der Waals surface area contributed by atoms with Crippen molar-refractivity contribution in [1.29, 1.82) is 0 Å². The molecule has 2 aromatic heterocycles. The molecule has 0 fully saturated rings. The Bertz CT molecular complexity index is 531. The second kappa shape index (κ2) is 3.27. The maximum absolute atomic E-state index is 10.6. The molecule has 0 radical (unpaired) electrons. The highest BCUT2D eigenvalue weighted by Crippen LogP contribution is 2.16. The number of rotatable bonds is 2. The molecule has 2 aromatic rings. The van der Waals surface area contributed by atoms with E-state index in [2.05, 4.69) is 4.98 Å². The van der Waals surface area contributed by atoms with Gasteiger partial charge in [0.25, 0.3) is 0 Å². The van der Waals surface area contributed by atoms with Crippen LogP contribution in [0, 0.1) is 6.92 Å². The Labute approximate surface area is 85.6 Å². The quantitative estimate of drug-likeness (QED) is 0.767. The van der Waals surface area contributed by atoms with Gasteiger partial charge in [0.15, 0.2) is 0 Å². The molecule has 5 nitrogen and oxygen atoms in total. The maximum Gasteiger partial charge on any atom is 0.309 e. The van der Waals surface area contributed by atoms with Crippen LogP contribution in [0.1, 0.15) is 11.4 Å². The topological polar surface area (TPSA) is 74.8 Å². The van der Waals surface area contributed by atoms with Gasteiger partial charge >= 0.3 is 5.97 Å². The number of carbonyl (C=O) groups is 1. The van der Waals surface area contributed by atoms with Gasteiger partial charge in [0.05, 0.1) is 24.0 Å². The molecule has 0 amide bonds. The summed E-state index contributed by atoms with van der Waals surface area (Å²) in [6, 6.07) is 3.17. The Balaban J connectivity index is 2.65. The second-order valence-corrected chi connectivity index (χ2v) is 3.33. The van der Waals surface area contributed by atoms with Crippen LogP contribution in [0.25, 0.3) is 5.65 Å². The number of carboxylic acids is 1. The Morgan fingerprint density at radius 3 is 2.93 bits per heavy atom. The van der Waals surface area contributed by atoms with E-state index in [1.54, 1.807) is 17.4 Å². The summed E-state index contributed by atoms with van der Waals surface area (Å²) in [5, 5.41) is 18.0. The number of pyridine rings is 1. The van der Waals surface area contributed by atoms with Gasteiger partial charge in [-0.15, -0.1) is 0 Å². The summed E-state index contributed by atoms with van der Waals surface area (Å²) < 4.78 is 1.60. The lowest BCUT2D eigenvalue weighted by Crippen LogP contribution is -2.04. The van der Waals surface area contributed by atoms with Crippen molar-refractivity contribution in [2.24, 2.45) is 0 Å². The zero-order chi connectivity index (χ0) is 11.0. The number of imidazole rings is 1. The van der Waals surface area contributed by atoms with E-state index in [0.29, 0.717) is 17.0 Å². The van der Waals surface area contributed by atoms with Crippen LogP contribution >= 0.6 is 0 Å². The van der Waals surface area contributed by atoms with Crippen molar-refractivity contribution in [2.45, 2.75) is 13.3 Å².